The average molecular weight is 269 g/mol. The van der Waals surface area contributed by atoms with Gasteiger partial charge in [0.1, 0.15) is 0 Å². The lowest BCUT2D eigenvalue weighted by molar-refractivity contribution is -0.132. The molecule has 2 aromatic rings. The molecule has 0 atom stereocenters. The number of rotatable bonds is 2. The summed E-state index contributed by atoms with van der Waals surface area (Å²) in [5.74, 6) is 0.159. The number of aliphatic hydroxyl groups excluding tert-OH is 1. The number of hydrogen-bond donors (Lipinski definition) is 1. The molecule has 3 rings (SSSR count). The van der Waals surface area contributed by atoms with E-state index in [0.29, 0.717) is 32.4 Å². The van der Waals surface area contributed by atoms with Crippen molar-refractivity contribution in [2.24, 2.45) is 0 Å². The molecule has 0 unspecified atom stereocenters. The summed E-state index contributed by atoms with van der Waals surface area (Å²) in [4.78, 5) is 14.1. The van der Waals surface area contributed by atoms with Crippen molar-refractivity contribution in [3.63, 3.8) is 0 Å². The molecular formula is C17H19NO2. The number of aliphatic hydroxyl groups is 1. The van der Waals surface area contributed by atoms with Gasteiger partial charge in [-0.2, -0.15) is 0 Å². The fraction of sp³-hybridized carbons (Fsp3) is 0.353. The van der Waals surface area contributed by atoms with Crippen molar-refractivity contribution in [3.05, 3.63) is 48.0 Å². The summed E-state index contributed by atoms with van der Waals surface area (Å²) in [6.07, 6.45) is 1.60. The molecule has 20 heavy (non-hydrogen) atoms. The molecule has 0 spiro atoms. The molecule has 1 amide bonds. The molecule has 0 bridgehead atoms. The number of nitrogens with zero attached hydrogens (tertiary/aromatic N) is 1. The molecule has 1 saturated heterocycles. The van der Waals surface area contributed by atoms with Gasteiger partial charge in [0.15, 0.2) is 0 Å². The number of amides is 1. The number of carbonyl (C=O) groups is 1. The Morgan fingerprint density at radius 2 is 1.80 bits per heavy atom. The first-order valence-electron chi connectivity index (χ1n) is 7.16. The minimum absolute atomic E-state index is 0.159. The Hall–Kier alpha value is -1.87. The van der Waals surface area contributed by atoms with Crippen LogP contribution >= 0.6 is 0 Å². The fourth-order valence-electron chi connectivity index (χ4n) is 2.75. The van der Waals surface area contributed by atoms with Crippen LogP contribution < -0.4 is 0 Å². The van der Waals surface area contributed by atoms with Crippen LogP contribution in [0.3, 0.4) is 0 Å². The highest BCUT2D eigenvalue weighted by atomic mass is 16.3. The summed E-state index contributed by atoms with van der Waals surface area (Å²) >= 11 is 0. The molecule has 3 heteroatoms. The van der Waals surface area contributed by atoms with E-state index in [0.717, 1.165) is 5.56 Å². The number of carbonyl (C=O) groups excluding carboxylic acids is 1. The second-order valence-electron chi connectivity index (χ2n) is 5.47. The highest BCUT2D eigenvalue weighted by Crippen LogP contribution is 2.17. The molecule has 1 fully saturated rings. The number of benzene rings is 2. The molecule has 1 aliphatic rings. The van der Waals surface area contributed by atoms with Crippen LogP contribution in [-0.2, 0) is 11.2 Å². The Morgan fingerprint density at radius 1 is 1.10 bits per heavy atom. The molecule has 0 aliphatic carbocycles. The van der Waals surface area contributed by atoms with Crippen molar-refractivity contribution in [1.29, 1.82) is 0 Å². The van der Waals surface area contributed by atoms with Gasteiger partial charge in [-0.05, 0) is 29.2 Å². The van der Waals surface area contributed by atoms with Crippen LogP contribution in [0.2, 0.25) is 0 Å². The summed E-state index contributed by atoms with van der Waals surface area (Å²) in [5, 5.41) is 11.9. The van der Waals surface area contributed by atoms with Crippen molar-refractivity contribution in [1.82, 2.24) is 4.90 Å². The summed E-state index contributed by atoms with van der Waals surface area (Å²) in [6.45, 7) is 1.35. The molecule has 1 aliphatic heterocycles. The van der Waals surface area contributed by atoms with E-state index in [1.54, 1.807) is 0 Å². The van der Waals surface area contributed by atoms with Crippen molar-refractivity contribution >= 4 is 16.7 Å². The van der Waals surface area contributed by atoms with E-state index in [1.807, 2.05) is 23.1 Å². The van der Waals surface area contributed by atoms with Crippen LogP contribution in [0.4, 0.5) is 0 Å². The van der Waals surface area contributed by atoms with E-state index in [9.17, 15) is 9.90 Å². The Kier molecular flexibility index (Phi) is 3.70. The Labute approximate surface area is 118 Å². The molecular weight excluding hydrogens is 250 g/mol. The smallest absolute Gasteiger partial charge is 0.226 e. The van der Waals surface area contributed by atoms with Crippen LogP contribution in [0.15, 0.2) is 42.5 Å². The number of piperidine rings is 1. The maximum atomic E-state index is 12.3. The minimum Gasteiger partial charge on any atom is -0.393 e. The third-order valence-electron chi connectivity index (χ3n) is 3.99. The average Bonchev–Trinajstić information content (AvgIpc) is 2.48. The second-order valence-corrected chi connectivity index (χ2v) is 5.47. The molecule has 1 N–H and O–H groups in total. The van der Waals surface area contributed by atoms with E-state index in [-0.39, 0.29) is 12.0 Å². The van der Waals surface area contributed by atoms with Gasteiger partial charge in [0.2, 0.25) is 5.91 Å². The Morgan fingerprint density at radius 3 is 2.55 bits per heavy atom. The largest absolute Gasteiger partial charge is 0.393 e. The number of fused-ring (bicyclic) bond motifs is 1. The van der Waals surface area contributed by atoms with Crippen LogP contribution in [0, 0.1) is 0 Å². The molecule has 3 nitrogen and oxygen atoms in total. The molecule has 0 saturated carbocycles. The normalized spacial score (nSPS) is 16.6. The molecule has 2 aromatic carbocycles. The van der Waals surface area contributed by atoms with Crippen molar-refractivity contribution in [2.45, 2.75) is 25.4 Å². The summed E-state index contributed by atoms with van der Waals surface area (Å²) in [7, 11) is 0. The monoisotopic (exact) mass is 269 g/mol. The minimum atomic E-state index is -0.236. The highest BCUT2D eigenvalue weighted by Gasteiger charge is 2.21. The third-order valence-corrected chi connectivity index (χ3v) is 3.99. The second kappa shape index (κ2) is 5.63. The van der Waals surface area contributed by atoms with Gasteiger partial charge >= 0.3 is 0 Å². The van der Waals surface area contributed by atoms with Crippen LogP contribution in [-0.4, -0.2) is 35.1 Å². The van der Waals surface area contributed by atoms with Crippen LogP contribution in [0.5, 0.6) is 0 Å². The predicted molar refractivity (Wildman–Crippen MR) is 79.5 cm³/mol. The van der Waals surface area contributed by atoms with Crippen LogP contribution in [0.1, 0.15) is 18.4 Å². The summed E-state index contributed by atoms with van der Waals surface area (Å²) < 4.78 is 0. The van der Waals surface area contributed by atoms with Gasteiger partial charge in [0.05, 0.1) is 12.5 Å². The summed E-state index contributed by atoms with van der Waals surface area (Å²) in [5.41, 5.74) is 1.06. The first kappa shape index (κ1) is 13.1. The third kappa shape index (κ3) is 2.83. The zero-order chi connectivity index (χ0) is 13.9. The van der Waals surface area contributed by atoms with E-state index in [1.165, 1.54) is 10.8 Å². The Bertz CT molecular complexity index is 615. The van der Waals surface area contributed by atoms with Gasteiger partial charge in [-0.1, -0.05) is 42.5 Å². The fourth-order valence-corrected chi connectivity index (χ4v) is 2.75. The van der Waals surface area contributed by atoms with E-state index >= 15 is 0 Å². The topological polar surface area (TPSA) is 40.5 Å². The zero-order valence-electron chi connectivity index (χ0n) is 11.5. The van der Waals surface area contributed by atoms with E-state index in [2.05, 4.69) is 24.3 Å². The lowest BCUT2D eigenvalue weighted by Crippen LogP contribution is -2.40. The van der Waals surface area contributed by atoms with Crippen molar-refractivity contribution in [2.75, 3.05) is 13.1 Å². The van der Waals surface area contributed by atoms with Crippen molar-refractivity contribution in [3.8, 4) is 0 Å². The van der Waals surface area contributed by atoms with Gasteiger partial charge < -0.3 is 10.0 Å². The first-order chi connectivity index (χ1) is 9.72. The highest BCUT2D eigenvalue weighted by molar-refractivity contribution is 5.85. The van der Waals surface area contributed by atoms with Gasteiger partial charge in [-0.15, -0.1) is 0 Å². The molecule has 0 radical (unpaired) electrons. The van der Waals surface area contributed by atoms with Crippen molar-refractivity contribution < 1.29 is 9.90 Å². The van der Waals surface area contributed by atoms with Crippen LogP contribution in [0.25, 0.3) is 10.8 Å². The maximum Gasteiger partial charge on any atom is 0.226 e. The molecule has 0 aromatic heterocycles. The predicted octanol–water partition coefficient (Wildman–Crippen LogP) is 2.37. The quantitative estimate of drug-likeness (QED) is 0.909. The Balaban J connectivity index is 1.71. The first-order valence-corrected chi connectivity index (χ1v) is 7.16. The number of likely N-dealkylation sites (tertiary alicyclic amines) is 1. The van der Waals surface area contributed by atoms with E-state index in [4.69, 9.17) is 0 Å². The summed E-state index contributed by atoms with van der Waals surface area (Å²) in [6, 6.07) is 14.4. The maximum absolute atomic E-state index is 12.3. The SMILES string of the molecule is O=C(Cc1ccc2ccccc2c1)N1CCC(O)CC1. The lowest BCUT2D eigenvalue weighted by Gasteiger charge is -2.29. The van der Waals surface area contributed by atoms with Gasteiger partial charge in [0.25, 0.3) is 0 Å². The number of hydrogen-bond acceptors (Lipinski definition) is 2. The zero-order valence-corrected chi connectivity index (χ0v) is 11.5. The molecule has 104 valence electrons. The lowest BCUT2D eigenvalue weighted by atomic mass is 10.0. The van der Waals surface area contributed by atoms with Gasteiger partial charge in [-0.25, -0.2) is 0 Å². The van der Waals surface area contributed by atoms with Gasteiger partial charge in [0, 0.05) is 13.1 Å². The van der Waals surface area contributed by atoms with Gasteiger partial charge in [-0.3, -0.25) is 4.79 Å². The standard InChI is InChI=1S/C17H19NO2/c19-16-7-9-18(10-8-16)17(20)12-13-5-6-14-3-1-2-4-15(14)11-13/h1-6,11,16,19H,7-10,12H2. The molecule has 1 heterocycles. The van der Waals surface area contributed by atoms with E-state index < -0.39 is 0 Å².